The summed E-state index contributed by atoms with van der Waals surface area (Å²) in [6.07, 6.45) is 0.217. The molecule has 2 rings (SSSR count). The highest BCUT2D eigenvalue weighted by Crippen LogP contribution is 2.18. The van der Waals surface area contributed by atoms with Crippen LogP contribution in [0.25, 0.3) is 0 Å². The molecule has 0 aliphatic carbocycles. The first-order chi connectivity index (χ1) is 8.56. The quantitative estimate of drug-likeness (QED) is 0.772. The first kappa shape index (κ1) is 13.0. The Balaban J connectivity index is 2.24. The average molecular weight is 307 g/mol. The number of halogens is 2. The number of carbonyl (C=O) groups is 1. The van der Waals surface area contributed by atoms with E-state index in [1.165, 1.54) is 12.1 Å². The maximum atomic E-state index is 13.0. The second-order valence-corrected chi connectivity index (χ2v) is 5.10. The minimum atomic E-state index is -0.314. The fourth-order valence-corrected chi connectivity index (χ4v) is 2.18. The number of hydrogen-bond donors (Lipinski definition) is 0. The summed E-state index contributed by atoms with van der Waals surface area (Å²) in [4.78, 5) is 12.2. The maximum Gasteiger partial charge on any atom is 0.167 e. The molecule has 0 N–H and O–H groups in total. The lowest BCUT2D eigenvalue weighted by molar-refractivity contribution is 0.0992. The lowest BCUT2D eigenvalue weighted by Gasteiger charge is -2.06. The molecule has 0 aromatic heterocycles. The fourth-order valence-electron chi connectivity index (χ4n) is 1.82. The van der Waals surface area contributed by atoms with E-state index in [1.807, 2.05) is 19.1 Å². The topological polar surface area (TPSA) is 17.1 Å². The van der Waals surface area contributed by atoms with Gasteiger partial charge < -0.3 is 0 Å². The van der Waals surface area contributed by atoms with Gasteiger partial charge in [0.05, 0.1) is 0 Å². The summed E-state index contributed by atoms with van der Waals surface area (Å²) < 4.78 is 13.9. The molecule has 18 heavy (non-hydrogen) atoms. The highest BCUT2D eigenvalue weighted by molar-refractivity contribution is 9.10. The number of aryl methyl sites for hydroxylation is 1. The normalized spacial score (nSPS) is 10.4. The van der Waals surface area contributed by atoms with Crippen LogP contribution in [0.5, 0.6) is 0 Å². The third kappa shape index (κ3) is 3.05. The van der Waals surface area contributed by atoms with Gasteiger partial charge in [-0.25, -0.2) is 4.39 Å². The zero-order valence-electron chi connectivity index (χ0n) is 9.91. The van der Waals surface area contributed by atoms with E-state index in [9.17, 15) is 9.18 Å². The fraction of sp³-hybridized carbons (Fsp3) is 0.133. The molecule has 0 bridgehead atoms. The summed E-state index contributed by atoms with van der Waals surface area (Å²) in [5.41, 5.74) is 2.30. The molecule has 0 radical (unpaired) electrons. The summed E-state index contributed by atoms with van der Waals surface area (Å²) >= 11 is 3.35. The molecule has 0 aliphatic heterocycles. The molecule has 0 amide bonds. The van der Waals surface area contributed by atoms with Crippen LogP contribution in [0, 0.1) is 12.7 Å². The Hall–Kier alpha value is -1.48. The molecule has 0 unspecified atom stereocenters. The van der Waals surface area contributed by atoms with Crippen molar-refractivity contribution in [2.75, 3.05) is 0 Å². The van der Waals surface area contributed by atoms with Gasteiger partial charge >= 0.3 is 0 Å². The van der Waals surface area contributed by atoms with E-state index in [1.54, 1.807) is 18.2 Å². The van der Waals surface area contributed by atoms with Crippen molar-refractivity contribution in [3.8, 4) is 0 Å². The minimum Gasteiger partial charge on any atom is -0.294 e. The van der Waals surface area contributed by atoms with Crippen molar-refractivity contribution in [2.45, 2.75) is 13.3 Å². The smallest absolute Gasteiger partial charge is 0.167 e. The third-order valence-corrected chi connectivity index (χ3v) is 3.25. The second kappa shape index (κ2) is 5.44. The lowest BCUT2D eigenvalue weighted by Crippen LogP contribution is -2.05. The number of rotatable bonds is 3. The summed E-state index contributed by atoms with van der Waals surface area (Å²) in [5, 5.41) is 0. The molecule has 3 heteroatoms. The zero-order chi connectivity index (χ0) is 13.1. The summed E-state index contributed by atoms with van der Waals surface area (Å²) in [5.74, 6) is -0.314. The van der Waals surface area contributed by atoms with Crippen molar-refractivity contribution < 1.29 is 9.18 Å². The predicted octanol–water partition coefficient (Wildman–Crippen LogP) is 4.32. The van der Waals surface area contributed by atoms with E-state index >= 15 is 0 Å². The Morgan fingerprint density at radius 3 is 2.72 bits per heavy atom. The van der Waals surface area contributed by atoms with Crippen LogP contribution in [0.4, 0.5) is 4.39 Å². The van der Waals surface area contributed by atoms with Crippen LogP contribution in [0.2, 0.25) is 0 Å². The van der Waals surface area contributed by atoms with Crippen LogP contribution in [-0.2, 0) is 6.42 Å². The van der Waals surface area contributed by atoms with Gasteiger partial charge in [0.1, 0.15) is 5.82 Å². The van der Waals surface area contributed by atoms with E-state index < -0.39 is 0 Å². The highest BCUT2D eigenvalue weighted by atomic mass is 79.9. The molecule has 0 aliphatic rings. The number of Topliss-reactive ketones (excluding diaryl/α,β-unsaturated/α-hetero) is 1. The van der Waals surface area contributed by atoms with Crippen LogP contribution < -0.4 is 0 Å². The van der Waals surface area contributed by atoms with Crippen molar-refractivity contribution in [2.24, 2.45) is 0 Å². The van der Waals surface area contributed by atoms with Crippen LogP contribution in [0.3, 0.4) is 0 Å². The summed E-state index contributed by atoms with van der Waals surface area (Å²) in [6.45, 7) is 1.89. The average Bonchev–Trinajstić information content (AvgIpc) is 2.32. The van der Waals surface area contributed by atoms with Crippen LogP contribution in [0.1, 0.15) is 21.5 Å². The molecule has 92 valence electrons. The number of hydrogen-bond acceptors (Lipinski definition) is 1. The molecule has 0 saturated carbocycles. The van der Waals surface area contributed by atoms with E-state index in [0.29, 0.717) is 11.1 Å². The maximum absolute atomic E-state index is 13.0. The molecule has 1 nitrogen and oxygen atoms in total. The lowest BCUT2D eigenvalue weighted by atomic mass is 9.99. The summed E-state index contributed by atoms with van der Waals surface area (Å²) in [7, 11) is 0. The largest absolute Gasteiger partial charge is 0.294 e. The SMILES string of the molecule is Cc1ccc(Br)cc1C(=O)Cc1cccc(F)c1. The molecule has 0 atom stereocenters. The number of carbonyl (C=O) groups excluding carboxylic acids is 1. The second-order valence-electron chi connectivity index (χ2n) is 4.19. The summed E-state index contributed by atoms with van der Waals surface area (Å²) in [6, 6.07) is 11.7. The Morgan fingerprint density at radius 1 is 1.22 bits per heavy atom. The van der Waals surface area contributed by atoms with E-state index in [-0.39, 0.29) is 18.0 Å². The van der Waals surface area contributed by atoms with Crippen molar-refractivity contribution in [1.82, 2.24) is 0 Å². The van der Waals surface area contributed by atoms with E-state index in [4.69, 9.17) is 0 Å². The van der Waals surface area contributed by atoms with Gasteiger partial charge in [-0.1, -0.05) is 34.1 Å². The van der Waals surface area contributed by atoms with Gasteiger partial charge in [-0.05, 0) is 42.3 Å². The van der Waals surface area contributed by atoms with Crippen LogP contribution in [0.15, 0.2) is 46.9 Å². The standard InChI is InChI=1S/C15H12BrFO/c1-10-5-6-12(16)9-14(10)15(18)8-11-3-2-4-13(17)7-11/h2-7,9H,8H2,1H3. The number of benzene rings is 2. The molecular formula is C15H12BrFO. The molecule has 0 fully saturated rings. The van der Waals surface area contributed by atoms with Crippen LogP contribution >= 0.6 is 15.9 Å². The van der Waals surface area contributed by atoms with Gasteiger partial charge in [-0.15, -0.1) is 0 Å². The minimum absolute atomic E-state index is 0.000556. The highest BCUT2D eigenvalue weighted by Gasteiger charge is 2.10. The zero-order valence-corrected chi connectivity index (χ0v) is 11.5. The predicted molar refractivity (Wildman–Crippen MR) is 73.3 cm³/mol. The van der Waals surface area contributed by atoms with Crippen molar-refractivity contribution >= 4 is 21.7 Å². The first-order valence-corrected chi connectivity index (χ1v) is 6.39. The van der Waals surface area contributed by atoms with Gasteiger partial charge in [-0.3, -0.25) is 4.79 Å². The Labute approximate surface area is 114 Å². The van der Waals surface area contributed by atoms with E-state index in [2.05, 4.69) is 15.9 Å². The van der Waals surface area contributed by atoms with Gasteiger partial charge in [0.2, 0.25) is 0 Å². The molecule has 2 aromatic carbocycles. The molecule has 0 saturated heterocycles. The molecular weight excluding hydrogens is 295 g/mol. The molecule has 0 heterocycles. The van der Waals surface area contributed by atoms with Crippen molar-refractivity contribution in [3.63, 3.8) is 0 Å². The third-order valence-electron chi connectivity index (χ3n) is 2.75. The Kier molecular flexibility index (Phi) is 3.92. The Morgan fingerprint density at radius 2 is 2.00 bits per heavy atom. The Bertz CT molecular complexity index is 593. The first-order valence-electron chi connectivity index (χ1n) is 5.60. The van der Waals surface area contributed by atoms with Crippen molar-refractivity contribution in [1.29, 1.82) is 0 Å². The van der Waals surface area contributed by atoms with Crippen molar-refractivity contribution in [3.05, 3.63) is 69.4 Å². The molecule has 0 spiro atoms. The van der Waals surface area contributed by atoms with Gasteiger partial charge in [0, 0.05) is 16.5 Å². The monoisotopic (exact) mass is 306 g/mol. The van der Waals surface area contributed by atoms with E-state index in [0.717, 1.165) is 10.0 Å². The molecule has 2 aromatic rings. The van der Waals surface area contributed by atoms with Gasteiger partial charge in [0.15, 0.2) is 5.78 Å². The van der Waals surface area contributed by atoms with Gasteiger partial charge in [-0.2, -0.15) is 0 Å². The van der Waals surface area contributed by atoms with Crippen LogP contribution in [-0.4, -0.2) is 5.78 Å². The van der Waals surface area contributed by atoms with Gasteiger partial charge in [0.25, 0.3) is 0 Å². The number of ketones is 1.